The van der Waals surface area contributed by atoms with Gasteiger partial charge in [-0.3, -0.25) is 14.4 Å². The van der Waals surface area contributed by atoms with Crippen molar-refractivity contribution in [3.8, 4) is 6.07 Å². The van der Waals surface area contributed by atoms with Crippen LogP contribution < -0.4 is 4.90 Å². The van der Waals surface area contributed by atoms with Crippen molar-refractivity contribution < 1.29 is 14.4 Å². The van der Waals surface area contributed by atoms with Gasteiger partial charge in [-0.05, 0) is 35.1 Å². The molecule has 3 heterocycles. The summed E-state index contributed by atoms with van der Waals surface area (Å²) < 4.78 is 0. The van der Waals surface area contributed by atoms with Crippen LogP contribution in [0.3, 0.4) is 0 Å². The average Bonchev–Trinajstić information content (AvgIpc) is 3.35. The maximum atomic E-state index is 13.8. The monoisotopic (exact) mass is 445 g/mol. The van der Waals surface area contributed by atoms with E-state index in [9.17, 15) is 19.6 Å². The number of nitriles is 1. The van der Waals surface area contributed by atoms with E-state index in [-0.39, 0.29) is 17.6 Å². The molecule has 3 aromatic carbocycles. The molecular weight excluding hydrogens is 426 g/mol. The first kappa shape index (κ1) is 20.1. The molecule has 0 N–H and O–H groups in total. The molecule has 4 unspecified atom stereocenters. The summed E-state index contributed by atoms with van der Waals surface area (Å²) in [5.74, 6) is -2.51. The lowest BCUT2D eigenvalue weighted by molar-refractivity contribution is -0.123. The Labute approximate surface area is 196 Å². The minimum absolute atomic E-state index is 0.210. The number of carbonyl (C=O) groups is 3. The summed E-state index contributed by atoms with van der Waals surface area (Å²) in [4.78, 5) is 44.1. The number of ketones is 1. The van der Waals surface area contributed by atoms with Crippen LogP contribution in [0.2, 0.25) is 0 Å². The minimum atomic E-state index is -0.837. The number of Topliss-reactive ketones (excluding diaryl/α,β-unsaturated/α-hetero) is 1. The molecule has 0 saturated carbocycles. The predicted molar refractivity (Wildman–Crippen MR) is 126 cm³/mol. The van der Waals surface area contributed by atoms with Crippen LogP contribution in [0, 0.1) is 23.2 Å². The van der Waals surface area contributed by atoms with Crippen LogP contribution in [0.25, 0.3) is 10.8 Å². The zero-order chi connectivity index (χ0) is 23.4. The number of amides is 2. The zero-order valence-electron chi connectivity index (χ0n) is 18.0. The normalized spacial score (nSPS) is 25.2. The first-order valence-electron chi connectivity index (χ1n) is 11.1. The number of hydrogen-bond acceptors (Lipinski definition) is 5. The number of anilines is 1. The summed E-state index contributed by atoms with van der Waals surface area (Å²) in [5.41, 5.74) is 1.40. The number of nitrogens with zero attached hydrogens (tertiary/aromatic N) is 3. The smallest absolute Gasteiger partial charge is 0.240 e. The molecule has 2 amide bonds. The first-order chi connectivity index (χ1) is 16.6. The molecule has 4 atom stereocenters. The summed E-state index contributed by atoms with van der Waals surface area (Å²) in [7, 11) is 0. The lowest BCUT2D eigenvalue weighted by Gasteiger charge is -2.32. The standard InChI is InChI=1S/C28H19N3O3/c29-16-17-12-13-30-22(14-17)23-24(25(30)26(32)19-7-2-1-3-8-19)28(34)31(27(23)33)21-11-10-18-6-4-5-9-20(18)15-21/h1-15,22-25H. The van der Waals surface area contributed by atoms with Crippen LogP contribution in [0.4, 0.5) is 5.69 Å². The molecule has 0 aromatic heterocycles. The highest BCUT2D eigenvalue weighted by molar-refractivity contribution is 6.25. The van der Waals surface area contributed by atoms with Gasteiger partial charge < -0.3 is 4.90 Å². The van der Waals surface area contributed by atoms with Gasteiger partial charge in [0.2, 0.25) is 11.8 Å². The van der Waals surface area contributed by atoms with E-state index >= 15 is 0 Å². The lowest BCUT2D eigenvalue weighted by atomic mass is 9.86. The molecule has 0 radical (unpaired) electrons. The van der Waals surface area contributed by atoms with Gasteiger partial charge in [-0.25, -0.2) is 4.90 Å². The van der Waals surface area contributed by atoms with Crippen molar-refractivity contribution in [2.45, 2.75) is 12.1 Å². The fourth-order valence-corrected chi connectivity index (χ4v) is 5.46. The van der Waals surface area contributed by atoms with Crippen LogP contribution >= 0.6 is 0 Å². The van der Waals surface area contributed by atoms with Gasteiger partial charge >= 0.3 is 0 Å². The largest absolute Gasteiger partial charge is 0.359 e. The molecule has 3 aliphatic heterocycles. The van der Waals surface area contributed by atoms with Gasteiger partial charge in [-0.1, -0.05) is 60.7 Å². The van der Waals surface area contributed by atoms with Crippen molar-refractivity contribution in [1.82, 2.24) is 4.90 Å². The van der Waals surface area contributed by atoms with Crippen molar-refractivity contribution >= 4 is 34.1 Å². The highest BCUT2D eigenvalue weighted by Gasteiger charge is 2.63. The summed E-state index contributed by atoms with van der Waals surface area (Å²) in [6.07, 6.45) is 5.00. The van der Waals surface area contributed by atoms with Gasteiger partial charge in [-0.15, -0.1) is 0 Å². The molecule has 3 aliphatic rings. The van der Waals surface area contributed by atoms with Crippen LogP contribution in [0.1, 0.15) is 10.4 Å². The summed E-state index contributed by atoms with van der Waals surface area (Å²) >= 11 is 0. The maximum Gasteiger partial charge on any atom is 0.240 e. The van der Waals surface area contributed by atoms with Crippen LogP contribution in [-0.2, 0) is 9.59 Å². The third-order valence-corrected chi connectivity index (χ3v) is 7.00. The fourth-order valence-electron chi connectivity index (χ4n) is 5.46. The number of imide groups is 1. The minimum Gasteiger partial charge on any atom is -0.359 e. The highest BCUT2D eigenvalue weighted by atomic mass is 16.2. The third kappa shape index (κ3) is 2.84. The van der Waals surface area contributed by atoms with E-state index in [0.717, 1.165) is 10.8 Å². The highest BCUT2D eigenvalue weighted by Crippen LogP contribution is 2.47. The fraction of sp³-hybridized carbons (Fsp3) is 0.143. The molecule has 6 rings (SSSR count). The Morgan fingerprint density at radius 3 is 2.32 bits per heavy atom. The first-order valence-corrected chi connectivity index (χ1v) is 11.1. The molecule has 164 valence electrons. The molecule has 2 saturated heterocycles. The molecule has 34 heavy (non-hydrogen) atoms. The summed E-state index contributed by atoms with van der Waals surface area (Å²) in [5, 5.41) is 11.4. The second-order valence-electron chi connectivity index (χ2n) is 8.76. The van der Waals surface area contributed by atoms with Crippen molar-refractivity contribution in [3.05, 3.63) is 102 Å². The topological polar surface area (TPSA) is 81.5 Å². The van der Waals surface area contributed by atoms with Gasteiger partial charge in [0.25, 0.3) is 0 Å². The van der Waals surface area contributed by atoms with Gasteiger partial charge in [-0.2, -0.15) is 5.26 Å². The van der Waals surface area contributed by atoms with E-state index < -0.39 is 23.9 Å². The molecule has 0 aliphatic carbocycles. The molecule has 0 bridgehead atoms. The number of allylic oxidation sites excluding steroid dienone is 2. The third-order valence-electron chi connectivity index (χ3n) is 7.00. The average molecular weight is 445 g/mol. The Hall–Kier alpha value is -4.50. The van der Waals surface area contributed by atoms with Gasteiger partial charge in [0.05, 0.1) is 35.2 Å². The van der Waals surface area contributed by atoms with Gasteiger partial charge in [0.1, 0.15) is 6.04 Å². The van der Waals surface area contributed by atoms with E-state index in [4.69, 9.17) is 0 Å². The van der Waals surface area contributed by atoms with E-state index in [1.165, 1.54) is 4.90 Å². The number of rotatable bonds is 3. The Kier molecular flexibility index (Phi) is 4.46. The van der Waals surface area contributed by atoms with Gasteiger partial charge in [0.15, 0.2) is 5.78 Å². The molecule has 6 heteroatoms. The summed E-state index contributed by atoms with van der Waals surface area (Å²) in [6.45, 7) is 0. The maximum absolute atomic E-state index is 13.8. The number of carbonyl (C=O) groups excluding carboxylic acids is 3. The van der Waals surface area contributed by atoms with Crippen LogP contribution in [0.15, 0.2) is 96.7 Å². The Morgan fingerprint density at radius 2 is 1.56 bits per heavy atom. The number of benzene rings is 3. The molecule has 6 nitrogen and oxygen atoms in total. The van der Waals surface area contributed by atoms with E-state index in [1.807, 2.05) is 42.5 Å². The quantitative estimate of drug-likeness (QED) is 0.452. The second kappa shape index (κ2) is 7.53. The molecule has 0 spiro atoms. The molecule has 3 aromatic rings. The van der Waals surface area contributed by atoms with Crippen LogP contribution in [-0.4, -0.2) is 34.6 Å². The van der Waals surface area contributed by atoms with Crippen molar-refractivity contribution in [2.75, 3.05) is 4.90 Å². The number of hydrogen-bond donors (Lipinski definition) is 0. The SMILES string of the molecule is N#CC1=CC2C3C(=O)N(c4ccc5ccccc5c4)C(=O)C3C(C(=O)c3ccccc3)N2C=C1. The van der Waals surface area contributed by atoms with Crippen molar-refractivity contribution in [3.63, 3.8) is 0 Å². The zero-order valence-corrected chi connectivity index (χ0v) is 18.0. The molecule has 2 fully saturated rings. The van der Waals surface area contributed by atoms with Crippen molar-refractivity contribution in [2.24, 2.45) is 11.8 Å². The second-order valence-corrected chi connectivity index (χ2v) is 8.76. The predicted octanol–water partition coefficient (Wildman–Crippen LogP) is 3.86. The Morgan fingerprint density at radius 1 is 0.853 bits per heavy atom. The lowest BCUT2D eigenvalue weighted by Crippen LogP contribution is -2.46. The Balaban J connectivity index is 1.46. The van der Waals surface area contributed by atoms with E-state index in [0.29, 0.717) is 16.8 Å². The van der Waals surface area contributed by atoms with Gasteiger partial charge in [0, 0.05) is 11.8 Å². The van der Waals surface area contributed by atoms with Crippen molar-refractivity contribution in [1.29, 1.82) is 5.26 Å². The summed E-state index contributed by atoms with van der Waals surface area (Å²) in [6, 6.07) is 22.8. The number of fused-ring (bicyclic) bond motifs is 4. The van der Waals surface area contributed by atoms with Crippen LogP contribution in [0.5, 0.6) is 0 Å². The van der Waals surface area contributed by atoms with E-state index in [1.54, 1.807) is 53.6 Å². The van der Waals surface area contributed by atoms with E-state index in [2.05, 4.69) is 6.07 Å². The Bertz CT molecular complexity index is 1470. The molecular formula is C28H19N3O3.